The maximum Gasteiger partial charge on any atom is 0.350 e. The van der Waals surface area contributed by atoms with Gasteiger partial charge in [0.15, 0.2) is 0 Å². The number of benzene rings is 4. The molecular formula is C48H39BrCl2N12O8. The number of hydrogen-bond acceptors (Lipinski definition) is 16. The first-order valence-corrected chi connectivity index (χ1v) is 23.6. The Bertz CT molecular complexity index is 3040. The fraction of sp³-hybridized carbons (Fsp3) is 0.208. The van der Waals surface area contributed by atoms with Crippen LogP contribution in [0.2, 0.25) is 10.0 Å². The summed E-state index contributed by atoms with van der Waals surface area (Å²) in [5.74, 6) is -2.24. The van der Waals surface area contributed by atoms with Gasteiger partial charge in [0.2, 0.25) is 23.0 Å². The number of halogens is 3. The van der Waals surface area contributed by atoms with Crippen LogP contribution in [0.5, 0.6) is 23.0 Å². The van der Waals surface area contributed by atoms with Crippen LogP contribution in [0.4, 0.5) is 21.5 Å². The number of barbiturate groups is 2. The molecule has 20 nitrogen and oxygen atoms in total. The zero-order valence-electron chi connectivity index (χ0n) is 37.2. The first kappa shape index (κ1) is 47.1. The van der Waals surface area contributed by atoms with Gasteiger partial charge in [0.25, 0.3) is 23.6 Å². The molecular weight excluding hydrogens is 1020 g/mol. The van der Waals surface area contributed by atoms with Crippen LogP contribution in [-0.4, -0.2) is 128 Å². The van der Waals surface area contributed by atoms with Gasteiger partial charge in [-0.1, -0.05) is 63.4 Å². The van der Waals surface area contributed by atoms with Crippen LogP contribution >= 0.6 is 39.1 Å². The number of hydrazine groups is 1. The molecule has 4 aromatic carbocycles. The minimum atomic E-state index is -2.39. The third kappa shape index (κ3) is 8.54. The minimum absolute atomic E-state index is 0.0353. The Morgan fingerprint density at radius 2 is 0.845 bits per heavy atom. The number of carbonyl (C=O) groups excluding carboxylic acids is 6. The molecule has 0 spiro atoms. The molecule has 360 valence electrons. The summed E-state index contributed by atoms with van der Waals surface area (Å²) in [6, 6.07) is 24.5. The second-order valence-electron chi connectivity index (χ2n) is 16.5. The van der Waals surface area contributed by atoms with Crippen molar-refractivity contribution in [2.24, 2.45) is 0 Å². The summed E-state index contributed by atoms with van der Waals surface area (Å²) in [7, 11) is 0. The summed E-state index contributed by atoms with van der Waals surface area (Å²) in [6.45, 7) is 1.08. The van der Waals surface area contributed by atoms with Gasteiger partial charge in [-0.15, -0.1) is 0 Å². The number of amides is 8. The van der Waals surface area contributed by atoms with E-state index in [0.717, 1.165) is 4.47 Å². The van der Waals surface area contributed by atoms with Gasteiger partial charge in [-0.2, -0.15) is 10.0 Å². The van der Waals surface area contributed by atoms with Crippen molar-refractivity contribution in [2.45, 2.75) is 11.1 Å². The molecule has 4 saturated heterocycles. The third-order valence-corrected chi connectivity index (χ3v) is 13.9. The number of urea groups is 2. The predicted molar refractivity (Wildman–Crippen MR) is 259 cm³/mol. The monoisotopic (exact) mass is 1060 g/mol. The van der Waals surface area contributed by atoms with E-state index in [9.17, 15) is 19.2 Å². The van der Waals surface area contributed by atoms with Gasteiger partial charge in [-0.25, -0.2) is 29.5 Å². The van der Waals surface area contributed by atoms with Gasteiger partial charge < -0.3 is 19.3 Å². The molecule has 6 heterocycles. The van der Waals surface area contributed by atoms with E-state index < -0.39 is 46.8 Å². The summed E-state index contributed by atoms with van der Waals surface area (Å²) in [5, 5.41) is 5.78. The van der Waals surface area contributed by atoms with E-state index in [4.69, 9.17) is 32.7 Å². The molecule has 4 fully saturated rings. The number of hydrogen-bond donors (Lipinski definition) is 2. The van der Waals surface area contributed by atoms with E-state index in [1.54, 1.807) is 95.3 Å². The fourth-order valence-corrected chi connectivity index (χ4v) is 9.75. The van der Waals surface area contributed by atoms with Crippen LogP contribution in [0.1, 0.15) is 11.1 Å². The number of nitrogens with zero attached hydrogens (tertiary/aromatic N) is 10. The van der Waals surface area contributed by atoms with Crippen molar-refractivity contribution < 1.29 is 38.2 Å². The number of piperazine rings is 2. The Kier molecular flexibility index (Phi) is 12.8. The predicted octanol–water partition coefficient (Wildman–Crippen LogP) is 5.73. The average Bonchev–Trinajstić information content (AvgIpc) is 3.38. The molecule has 2 aromatic heterocycles. The highest BCUT2D eigenvalue weighted by molar-refractivity contribution is 9.10. The quantitative estimate of drug-likeness (QED) is 0.148. The van der Waals surface area contributed by atoms with Crippen molar-refractivity contribution in [3.63, 3.8) is 0 Å². The standard InChI is InChI=1S/C48H39BrCl2N12O8/c49-32-7-13-35(14-8-32)70-33-9-3-30(4-10-33)47(60-25-21-58(22-26-60)43-52-17-1-18-53-43)39(64)56-45(68)62(41(47)66)63-42(67)48(40(65)57-46(63)69,61-27-23-59(24-28-61)44-54-19-2-20-55-44)31-5-11-34(12-6-31)71-36-15-16-37(50)38(51)29-36/h1-20,29H,21-28H2,(H,56,64,68)(H,57,65,69). The van der Waals surface area contributed by atoms with Crippen LogP contribution in [-0.2, 0) is 30.3 Å². The lowest BCUT2D eigenvalue weighted by molar-refractivity contribution is -0.179. The van der Waals surface area contributed by atoms with Gasteiger partial charge in [0, 0.05) is 87.7 Å². The molecule has 4 aliphatic rings. The number of rotatable bonds is 11. The lowest BCUT2D eigenvalue weighted by atomic mass is 9.82. The van der Waals surface area contributed by atoms with Gasteiger partial charge in [-0.3, -0.25) is 39.6 Å². The van der Waals surface area contributed by atoms with Gasteiger partial charge in [0.05, 0.1) is 10.0 Å². The highest BCUT2D eigenvalue weighted by Crippen LogP contribution is 2.42. The molecule has 71 heavy (non-hydrogen) atoms. The minimum Gasteiger partial charge on any atom is -0.457 e. The molecule has 4 aliphatic heterocycles. The molecule has 0 radical (unpaired) electrons. The van der Waals surface area contributed by atoms with E-state index in [0.29, 0.717) is 44.2 Å². The molecule has 0 aliphatic carbocycles. The summed E-state index contributed by atoms with van der Waals surface area (Å²) in [5.41, 5.74) is -4.61. The number of nitrogens with one attached hydrogen (secondary N) is 2. The highest BCUT2D eigenvalue weighted by Gasteiger charge is 2.67. The first-order valence-electron chi connectivity index (χ1n) is 22.1. The van der Waals surface area contributed by atoms with Crippen molar-refractivity contribution in [2.75, 3.05) is 62.2 Å². The molecule has 2 unspecified atom stereocenters. The van der Waals surface area contributed by atoms with Crippen molar-refractivity contribution in [1.29, 1.82) is 0 Å². The SMILES string of the molecule is O=C1NC(=O)C(c2ccc(Oc3ccc(Br)cc3)cc2)(N2CCN(c3ncccn3)CC2)C(=O)N1N1C(=O)NC(=O)C(c2ccc(Oc3ccc(Cl)c(Cl)c3)cc2)(N2CCN(c3ncccn3)CC2)C1=O. The third-order valence-electron chi connectivity index (χ3n) is 12.6. The maximum absolute atomic E-state index is 15.8. The van der Waals surface area contributed by atoms with E-state index in [1.165, 1.54) is 42.5 Å². The number of aromatic nitrogens is 4. The molecule has 0 saturated carbocycles. The van der Waals surface area contributed by atoms with Crippen molar-refractivity contribution in [3.8, 4) is 23.0 Å². The molecule has 2 atom stereocenters. The average molecular weight is 1060 g/mol. The number of carbonyl (C=O) groups is 6. The highest BCUT2D eigenvalue weighted by atomic mass is 79.9. The zero-order chi connectivity index (χ0) is 49.4. The van der Waals surface area contributed by atoms with Crippen molar-refractivity contribution in [1.82, 2.24) is 50.4 Å². The zero-order valence-corrected chi connectivity index (χ0v) is 40.3. The van der Waals surface area contributed by atoms with Crippen molar-refractivity contribution in [3.05, 3.63) is 154 Å². The summed E-state index contributed by atoms with van der Waals surface area (Å²) >= 11 is 15.8. The lowest BCUT2D eigenvalue weighted by Gasteiger charge is -2.52. The van der Waals surface area contributed by atoms with E-state index in [1.807, 2.05) is 9.80 Å². The van der Waals surface area contributed by atoms with Gasteiger partial charge in [0.1, 0.15) is 23.0 Å². The van der Waals surface area contributed by atoms with Crippen molar-refractivity contribution >= 4 is 86.7 Å². The molecule has 23 heteroatoms. The first-order chi connectivity index (χ1) is 34.4. The summed E-state index contributed by atoms with van der Waals surface area (Å²) < 4.78 is 12.9. The van der Waals surface area contributed by atoms with Crippen LogP contribution in [0.15, 0.2) is 132 Å². The topological polar surface area (TPSA) is 216 Å². The van der Waals surface area contributed by atoms with Crippen LogP contribution in [0.3, 0.4) is 0 Å². The van der Waals surface area contributed by atoms with E-state index >= 15 is 9.59 Å². The molecule has 0 bridgehead atoms. The Balaban J connectivity index is 1.04. The number of anilines is 2. The normalized spacial score (nSPS) is 21.3. The Labute approximate surface area is 423 Å². The Hall–Kier alpha value is -7.56. The van der Waals surface area contributed by atoms with Crippen LogP contribution in [0.25, 0.3) is 0 Å². The molecule has 8 amide bonds. The maximum atomic E-state index is 15.8. The smallest absolute Gasteiger partial charge is 0.350 e. The molecule has 2 N–H and O–H groups in total. The Morgan fingerprint density at radius 1 is 0.479 bits per heavy atom. The van der Waals surface area contributed by atoms with Crippen LogP contribution < -0.4 is 29.9 Å². The second kappa shape index (κ2) is 19.3. The lowest BCUT2D eigenvalue weighted by Crippen LogP contribution is -2.81. The van der Waals surface area contributed by atoms with Crippen LogP contribution in [0, 0.1) is 0 Å². The van der Waals surface area contributed by atoms with E-state index in [2.05, 4.69) is 46.5 Å². The van der Waals surface area contributed by atoms with Gasteiger partial charge in [-0.05, 0) is 83.9 Å². The largest absolute Gasteiger partial charge is 0.457 e. The van der Waals surface area contributed by atoms with E-state index in [-0.39, 0.29) is 74.3 Å². The van der Waals surface area contributed by atoms with Gasteiger partial charge >= 0.3 is 12.1 Å². The number of imide groups is 4. The second-order valence-corrected chi connectivity index (χ2v) is 18.2. The Morgan fingerprint density at radius 3 is 1.24 bits per heavy atom. The fourth-order valence-electron chi connectivity index (χ4n) is 9.20. The number of ether oxygens (including phenoxy) is 2. The molecule has 10 rings (SSSR count). The molecule has 6 aromatic rings. The summed E-state index contributed by atoms with van der Waals surface area (Å²) in [4.78, 5) is 114. The summed E-state index contributed by atoms with van der Waals surface area (Å²) in [6.07, 6.45) is 6.38.